The predicted octanol–water partition coefficient (Wildman–Crippen LogP) is -0.546. The summed E-state index contributed by atoms with van der Waals surface area (Å²) in [5.74, 6) is -0.979. The summed E-state index contributed by atoms with van der Waals surface area (Å²) in [5.41, 5.74) is 0. The van der Waals surface area contributed by atoms with Crippen molar-refractivity contribution < 1.29 is 24.5 Å². The van der Waals surface area contributed by atoms with E-state index in [-0.39, 0.29) is 11.8 Å². The van der Waals surface area contributed by atoms with E-state index < -0.39 is 24.2 Å². The zero-order chi connectivity index (χ0) is 15.3. The Morgan fingerprint density at radius 3 is 2.50 bits per heavy atom. The summed E-state index contributed by atoms with van der Waals surface area (Å²) in [5, 5.41) is 13.3. The van der Waals surface area contributed by atoms with E-state index in [1.165, 1.54) is 25.7 Å². The maximum Gasteiger partial charge on any atom is 0.244 e. The molecule has 1 aliphatic heterocycles. The van der Waals surface area contributed by atoms with Gasteiger partial charge in [0.05, 0.1) is 0 Å². The zero-order valence-corrected chi connectivity index (χ0v) is 11.9. The van der Waals surface area contributed by atoms with Crippen LogP contribution in [-0.4, -0.2) is 52.7 Å². The van der Waals surface area contributed by atoms with Gasteiger partial charge in [-0.3, -0.25) is 14.4 Å². The van der Waals surface area contributed by atoms with Crippen molar-refractivity contribution >= 4 is 17.7 Å². The van der Waals surface area contributed by atoms with Crippen molar-refractivity contribution in [1.82, 2.24) is 15.5 Å². The molecule has 1 rings (SSSR count). The first kappa shape index (κ1) is 16.4. The smallest absolute Gasteiger partial charge is 0.244 e. The molecule has 1 saturated heterocycles. The standard InChI is InChI=1S/C12H21N3O5/c1-7(11(17)14-8(2)20-19)13-12(18)10-5-4-6-15(10)9(3)16/h7-8,10,19H,4-6H2,1-3H3,(H,13,18)(H,14,17)/t7-,8+,10-/m0/s1. The Labute approximate surface area is 117 Å². The van der Waals surface area contributed by atoms with E-state index in [1.54, 1.807) is 0 Å². The maximum atomic E-state index is 12.1. The average Bonchev–Trinajstić information content (AvgIpc) is 2.87. The van der Waals surface area contributed by atoms with Gasteiger partial charge < -0.3 is 15.5 Å². The minimum Gasteiger partial charge on any atom is -0.343 e. The molecule has 0 bridgehead atoms. The third-order valence-corrected chi connectivity index (χ3v) is 3.22. The van der Waals surface area contributed by atoms with Crippen LogP contribution in [0.2, 0.25) is 0 Å². The highest BCUT2D eigenvalue weighted by molar-refractivity contribution is 5.91. The van der Waals surface area contributed by atoms with Gasteiger partial charge in [0, 0.05) is 13.5 Å². The first-order valence-corrected chi connectivity index (χ1v) is 6.55. The fourth-order valence-electron chi connectivity index (χ4n) is 2.14. The molecule has 0 aromatic carbocycles. The minimum absolute atomic E-state index is 0.151. The Hall–Kier alpha value is -1.67. The van der Waals surface area contributed by atoms with Crippen LogP contribution in [0.5, 0.6) is 0 Å². The Bertz CT molecular complexity index is 387. The molecule has 0 aromatic rings. The van der Waals surface area contributed by atoms with Crippen LogP contribution < -0.4 is 10.6 Å². The second-order valence-electron chi connectivity index (χ2n) is 4.86. The SMILES string of the molecule is CC(=O)N1CCC[C@H]1C(=O)N[C@@H](C)C(=O)N[C@@H](C)OO. The van der Waals surface area contributed by atoms with Crippen LogP contribution in [0.3, 0.4) is 0 Å². The second-order valence-corrected chi connectivity index (χ2v) is 4.86. The molecule has 8 heteroatoms. The molecule has 3 amide bonds. The van der Waals surface area contributed by atoms with Crippen molar-refractivity contribution in [3.05, 3.63) is 0 Å². The number of amides is 3. The number of nitrogens with one attached hydrogen (secondary N) is 2. The largest absolute Gasteiger partial charge is 0.343 e. The average molecular weight is 287 g/mol. The fraction of sp³-hybridized carbons (Fsp3) is 0.750. The first-order chi connectivity index (χ1) is 9.36. The molecule has 0 aromatic heterocycles. The third kappa shape index (κ3) is 4.17. The van der Waals surface area contributed by atoms with Crippen LogP contribution in [0, 0.1) is 0 Å². The van der Waals surface area contributed by atoms with E-state index in [1.807, 2.05) is 0 Å². The summed E-state index contributed by atoms with van der Waals surface area (Å²) < 4.78 is 0. The lowest BCUT2D eigenvalue weighted by Gasteiger charge is -2.24. The third-order valence-electron chi connectivity index (χ3n) is 3.22. The Balaban J connectivity index is 2.53. The van der Waals surface area contributed by atoms with Crippen molar-refractivity contribution in [1.29, 1.82) is 0 Å². The summed E-state index contributed by atoms with van der Waals surface area (Å²) in [6.07, 6.45) is 0.505. The Morgan fingerprint density at radius 2 is 1.95 bits per heavy atom. The van der Waals surface area contributed by atoms with Crippen LogP contribution in [0.25, 0.3) is 0 Å². The lowest BCUT2D eigenvalue weighted by molar-refractivity contribution is -0.279. The molecule has 3 atom stereocenters. The normalized spacial score (nSPS) is 21.2. The van der Waals surface area contributed by atoms with E-state index >= 15 is 0 Å². The Morgan fingerprint density at radius 1 is 1.30 bits per heavy atom. The van der Waals surface area contributed by atoms with E-state index in [0.717, 1.165) is 6.42 Å². The zero-order valence-electron chi connectivity index (χ0n) is 11.9. The van der Waals surface area contributed by atoms with E-state index in [0.29, 0.717) is 13.0 Å². The molecule has 114 valence electrons. The van der Waals surface area contributed by atoms with Crippen molar-refractivity contribution in [2.75, 3.05) is 6.54 Å². The summed E-state index contributed by atoms with van der Waals surface area (Å²) >= 11 is 0. The molecule has 1 aliphatic rings. The number of carbonyl (C=O) groups is 3. The molecule has 8 nitrogen and oxygen atoms in total. The molecule has 0 unspecified atom stereocenters. The highest BCUT2D eigenvalue weighted by Crippen LogP contribution is 2.17. The van der Waals surface area contributed by atoms with Gasteiger partial charge in [0.1, 0.15) is 12.1 Å². The van der Waals surface area contributed by atoms with Gasteiger partial charge in [0.2, 0.25) is 17.7 Å². The van der Waals surface area contributed by atoms with Crippen LogP contribution >= 0.6 is 0 Å². The number of rotatable bonds is 5. The number of likely N-dealkylation sites (tertiary alicyclic amines) is 1. The van der Waals surface area contributed by atoms with Crippen LogP contribution in [0.1, 0.15) is 33.6 Å². The summed E-state index contributed by atoms with van der Waals surface area (Å²) in [7, 11) is 0. The van der Waals surface area contributed by atoms with E-state index in [2.05, 4.69) is 15.5 Å². The van der Waals surface area contributed by atoms with Crippen molar-refractivity contribution in [2.45, 2.75) is 51.9 Å². The highest BCUT2D eigenvalue weighted by atomic mass is 17.1. The quantitative estimate of drug-likeness (QED) is 0.357. The molecular formula is C12H21N3O5. The lowest BCUT2D eigenvalue weighted by atomic mass is 10.2. The molecule has 0 radical (unpaired) electrons. The van der Waals surface area contributed by atoms with Crippen LogP contribution in [-0.2, 0) is 19.3 Å². The highest BCUT2D eigenvalue weighted by Gasteiger charge is 2.33. The molecular weight excluding hydrogens is 266 g/mol. The van der Waals surface area contributed by atoms with Gasteiger partial charge >= 0.3 is 0 Å². The van der Waals surface area contributed by atoms with E-state index in [9.17, 15) is 14.4 Å². The summed E-state index contributed by atoms with van der Waals surface area (Å²) in [4.78, 5) is 40.6. The first-order valence-electron chi connectivity index (χ1n) is 6.55. The molecule has 0 spiro atoms. The van der Waals surface area contributed by atoms with Gasteiger partial charge in [-0.1, -0.05) is 0 Å². The van der Waals surface area contributed by atoms with Crippen LogP contribution in [0.4, 0.5) is 0 Å². The van der Waals surface area contributed by atoms with E-state index in [4.69, 9.17) is 5.26 Å². The van der Waals surface area contributed by atoms with Gasteiger partial charge in [-0.2, -0.15) is 0 Å². The molecule has 0 saturated carbocycles. The monoisotopic (exact) mass is 287 g/mol. The summed E-state index contributed by atoms with van der Waals surface area (Å²) in [6.45, 7) is 4.94. The maximum absolute atomic E-state index is 12.1. The predicted molar refractivity (Wildman–Crippen MR) is 69.3 cm³/mol. The van der Waals surface area contributed by atoms with Gasteiger partial charge in [-0.05, 0) is 26.7 Å². The minimum atomic E-state index is -0.859. The molecule has 1 fully saturated rings. The second kappa shape index (κ2) is 7.20. The Kier molecular flexibility index (Phi) is 5.90. The van der Waals surface area contributed by atoms with Gasteiger partial charge in [-0.15, -0.1) is 0 Å². The van der Waals surface area contributed by atoms with Crippen molar-refractivity contribution in [3.63, 3.8) is 0 Å². The fourth-order valence-corrected chi connectivity index (χ4v) is 2.14. The number of hydrogen-bond donors (Lipinski definition) is 3. The topological polar surface area (TPSA) is 108 Å². The molecule has 20 heavy (non-hydrogen) atoms. The number of nitrogens with zero attached hydrogens (tertiary/aromatic N) is 1. The van der Waals surface area contributed by atoms with Crippen molar-refractivity contribution in [2.24, 2.45) is 0 Å². The van der Waals surface area contributed by atoms with Gasteiger partial charge in [-0.25, -0.2) is 10.1 Å². The van der Waals surface area contributed by atoms with Crippen LogP contribution in [0.15, 0.2) is 0 Å². The molecule has 1 heterocycles. The molecule has 3 N–H and O–H groups in total. The van der Waals surface area contributed by atoms with Crippen molar-refractivity contribution in [3.8, 4) is 0 Å². The number of carbonyl (C=O) groups excluding carboxylic acids is 3. The van der Waals surface area contributed by atoms with Gasteiger partial charge in [0.15, 0.2) is 6.23 Å². The summed E-state index contributed by atoms with van der Waals surface area (Å²) in [6, 6.07) is -1.30. The van der Waals surface area contributed by atoms with Gasteiger partial charge in [0.25, 0.3) is 0 Å². The molecule has 0 aliphatic carbocycles. The lowest BCUT2D eigenvalue weighted by Crippen LogP contribution is -2.53. The number of hydrogen-bond acceptors (Lipinski definition) is 5.